The van der Waals surface area contributed by atoms with Crippen LogP contribution in [0.5, 0.6) is 0 Å². The highest BCUT2D eigenvalue weighted by Gasteiger charge is 2.21. The van der Waals surface area contributed by atoms with E-state index >= 15 is 0 Å². The summed E-state index contributed by atoms with van der Waals surface area (Å²) in [5.74, 6) is -2.25. The van der Waals surface area contributed by atoms with E-state index < -0.39 is 29.8 Å². The van der Waals surface area contributed by atoms with Gasteiger partial charge in [0.25, 0.3) is 0 Å². The Balaban J connectivity index is 4.88. The fourth-order valence-electron chi connectivity index (χ4n) is 1.60. The molecule has 8 heteroatoms. The molecule has 0 aromatic heterocycles. The molecule has 0 atom stereocenters. The Morgan fingerprint density at radius 2 is 1.78 bits per heavy atom. The van der Waals surface area contributed by atoms with Crippen molar-refractivity contribution >= 4 is 40.3 Å². The molecule has 0 rings (SSSR count). The first-order valence-corrected chi connectivity index (χ1v) is 11.7. The second kappa shape index (κ2) is 7.67. The summed E-state index contributed by atoms with van der Waals surface area (Å²) in [4.78, 5) is 22.2. The third-order valence-corrected chi connectivity index (χ3v) is 6.55. The Hall–Kier alpha value is -0.709. The molecule has 0 radical (unpaired) electrons. The van der Waals surface area contributed by atoms with E-state index in [4.69, 9.17) is 14.3 Å². The van der Waals surface area contributed by atoms with Crippen LogP contribution in [0.15, 0.2) is 10.8 Å². The molecule has 0 spiro atoms. The molecule has 0 fully saturated rings. The maximum atomic E-state index is 11.1. The standard InChI is InChI=1S/C10H22O5Si3/c1-18(2,3)6-4-5-7(9(11)12)8(10(13)14)17-15-16/h4-6,17H2,1-3,16H3,(H,11,12)(H,13,14)/b8-7-. The molecule has 0 unspecified atom stereocenters. The lowest BCUT2D eigenvalue weighted by Gasteiger charge is -2.16. The Labute approximate surface area is 114 Å². The van der Waals surface area contributed by atoms with Crippen LogP contribution in [0, 0.1) is 0 Å². The first-order chi connectivity index (χ1) is 8.19. The van der Waals surface area contributed by atoms with Crippen molar-refractivity contribution in [2.75, 3.05) is 0 Å². The molecule has 0 aliphatic carbocycles. The van der Waals surface area contributed by atoms with Crippen molar-refractivity contribution in [1.82, 2.24) is 0 Å². The van der Waals surface area contributed by atoms with Crippen LogP contribution in [0.3, 0.4) is 0 Å². The molecule has 2 N–H and O–H groups in total. The molecule has 0 saturated carbocycles. The van der Waals surface area contributed by atoms with Crippen LogP contribution < -0.4 is 0 Å². The zero-order valence-corrected chi connectivity index (χ0v) is 15.9. The number of carboxylic acid groups (broad SMARTS) is 2. The highest BCUT2D eigenvalue weighted by atomic mass is 28.3. The lowest BCUT2D eigenvalue weighted by atomic mass is 10.1. The van der Waals surface area contributed by atoms with Gasteiger partial charge >= 0.3 is 11.9 Å². The van der Waals surface area contributed by atoms with Crippen molar-refractivity contribution in [3.8, 4) is 0 Å². The molecule has 0 aromatic carbocycles. The van der Waals surface area contributed by atoms with Crippen molar-refractivity contribution in [2.24, 2.45) is 0 Å². The van der Waals surface area contributed by atoms with Gasteiger partial charge in [-0.2, -0.15) is 0 Å². The fraction of sp³-hybridized carbons (Fsp3) is 0.600. The van der Waals surface area contributed by atoms with E-state index in [0.717, 1.165) is 12.5 Å². The van der Waals surface area contributed by atoms with Gasteiger partial charge in [-0.1, -0.05) is 32.1 Å². The summed E-state index contributed by atoms with van der Waals surface area (Å²) in [5, 5.41) is 18.2. The predicted molar refractivity (Wildman–Crippen MR) is 79.3 cm³/mol. The minimum absolute atomic E-state index is 0.0214. The summed E-state index contributed by atoms with van der Waals surface area (Å²) >= 11 is 0. The predicted octanol–water partition coefficient (Wildman–Crippen LogP) is -0.0911. The zero-order chi connectivity index (χ0) is 14.3. The van der Waals surface area contributed by atoms with E-state index in [9.17, 15) is 9.59 Å². The Morgan fingerprint density at radius 1 is 1.22 bits per heavy atom. The minimum atomic E-state index is -1.39. The van der Waals surface area contributed by atoms with Gasteiger partial charge in [0.05, 0.1) is 5.20 Å². The van der Waals surface area contributed by atoms with Gasteiger partial charge < -0.3 is 14.3 Å². The molecule has 0 heterocycles. The summed E-state index contributed by atoms with van der Waals surface area (Å²) in [6.45, 7) is 6.64. The molecule has 0 aromatic rings. The van der Waals surface area contributed by atoms with Crippen LogP contribution in [0.2, 0.25) is 25.7 Å². The van der Waals surface area contributed by atoms with Crippen molar-refractivity contribution < 1.29 is 23.9 Å². The van der Waals surface area contributed by atoms with Crippen molar-refractivity contribution in [2.45, 2.75) is 38.5 Å². The van der Waals surface area contributed by atoms with E-state index in [1.807, 2.05) is 0 Å². The first-order valence-electron chi connectivity index (χ1n) is 5.86. The molecular weight excluding hydrogens is 284 g/mol. The van der Waals surface area contributed by atoms with E-state index in [1.54, 1.807) is 0 Å². The SMILES string of the molecule is C[Si](C)(C)CCC/C(C(=O)O)=C(/[SiH2]O[SiH3])C(=O)O. The molecule has 18 heavy (non-hydrogen) atoms. The van der Waals surface area contributed by atoms with Crippen molar-refractivity contribution in [1.29, 1.82) is 0 Å². The number of aliphatic carboxylic acids is 2. The number of carbonyl (C=O) groups is 2. The third kappa shape index (κ3) is 6.89. The van der Waals surface area contributed by atoms with Gasteiger partial charge in [0.1, 0.15) is 10.5 Å². The zero-order valence-electron chi connectivity index (χ0n) is 11.4. The molecule has 0 aliphatic heterocycles. The lowest BCUT2D eigenvalue weighted by molar-refractivity contribution is -0.135. The number of rotatable bonds is 8. The number of carboxylic acids is 2. The first kappa shape index (κ1) is 17.3. The monoisotopic (exact) mass is 306 g/mol. The Morgan fingerprint density at radius 3 is 2.11 bits per heavy atom. The summed E-state index contributed by atoms with van der Waals surface area (Å²) in [5.41, 5.74) is 0.0447. The Bertz CT molecular complexity index is 346. The molecular formula is C10H22O5Si3. The molecule has 104 valence electrons. The molecule has 5 nitrogen and oxygen atoms in total. The summed E-state index contributed by atoms with van der Waals surface area (Å²) in [6, 6.07) is 1.000. The smallest absolute Gasteiger partial charge is 0.331 e. The molecule has 0 saturated heterocycles. The van der Waals surface area contributed by atoms with Gasteiger partial charge in [-0.3, -0.25) is 0 Å². The molecule has 0 bridgehead atoms. The second-order valence-corrected chi connectivity index (χ2v) is 14.3. The van der Waals surface area contributed by atoms with E-state index in [1.165, 1.54) is 0 Å². The van der Waals surface area contributed by atoms with Crippen molar-refractivity contribution in [3.63, 3.8) is 0 Å². The van der Waals surface area contributed by atoms with E-state index in [-0.39, 0.29) is 10.8 Å². The number of hydrogen-bond donors (Lipinski definition) is 2. The maximum absolute atomic E-state index is 11.1. The average Bonchev–Trinajstić information content (AvgIpc) is 2.19. The minimum Gasteiger partial charge on any atom is -0.478 e. The van der Waals surface area contributed by atoms with E-state index in [2.05, 4.69) is 19.6 Å². The topological polar surface area (TPSA) is 83.8 Å². The number of hydrogen-bond acceptors (Lipinski definition) is 3. The van der Waals surface area contributed by atoms with Gasteiger partial charge in [-0.15, -0.1) is 0 Å². The van der Waals surface area contributed by atoms with Gasteiger partial charge in [-0.25, -0.2) is 9.59 Å². The van der Waals surface area contributed by atoms with Gasteiger partial charge in [0.15, 0.2) is 9.76 Å². The van der Waals surface area contributed by atoms with Crippen LogP contribution in [-0.4, -0.2) is 50.5 Å². The van der Waals surface area contributed by atoms with Gasteiger partial charge in [0.2, 0.25) is 0 Å². The van der Waals surface area contributed by atoms with Crippen LogP contribution in [0.4, 0.5) is 0 Å². The third-order valence-electron chi connectivity index (χ3n) is 2.52. The van der Waals surface area contributed by atoms with Crippen LogP contribution >= 0.6 is 0 Å². The summed E-state index contributed by atoms with van der Waals surface area (Å²) < 4.78 is 5.03. The van der Waals surface area contributed by atoms with E-state index in [0.29, 0.717) is 16.9 Å². The van der Waals surface area contributed by atoms with Gasteiger partial charge in [-0.05, 0) is 6.42 Å². The summed E-state index contributed by atoms with van der Waals surface area (Å²) in [6.07, 6.45) is 1.07. The highest BCUT2D eigenvalue weighted by molar-refractivity contribution is 6.76. The highest BCUT2D eigenvalue weighted by Crippen LogP contribution is 2.18. The quantitative estimate of drug-likeness (QED) is 0.484. The fourth-order valence-corrected chi connectivity index (χ4v) is 4.62. The normalized spacial score (nSPS) is 13.9. The molecule has 0 amide bonds. The molecule has 0 aliphatic rings. The van der Waals surface area contributed by atoms with Crippen molar-refractivity contribution in [3.05, 3.63) is 10.8 Å². The van der Waals surface area contributed by atoms with Crippen LogP contribution in [0.25, 0.3) is 0 Å². The van der Waals surface area contributed by atoms with Gasteiger partial charge in [0, 0.05) is 13.6 Å². The lowest BCUT2D eigenvalue weighted by Crippen LogP contribution is -2.21. The maximum Gasteiger partial charge on any atom is 0.331 e. The van der Waals surface area contributed by atoms with Crippen LogP contribution in [-0.2, 0) is 13.7 Å². The largest absolute Gasteiger partial charge is 0.478 e. The summed E-state index contributed by atoms with van der Waals surface area (Å²) in [7, 11) is -2.16. The van der Waals surface area contributed by atoms with Crippen LogP contribution in [0.1, 0.15) is 12.8 Å². The second-order valence-electron chi connectivity index (χ2n) is 5.41. The average molecular weight is 307 g/mol. The Kier molecular flexibility index (Phi) is 7.36.